The minimum atomic E-state index is 0.161. The molecule has 1 saturated carbocycles. The standard InChI is InChI=1S/C20H33N5O/c1-4-25(18-8-5-7-16(2)15-18)14-13-23-20(21-3)22-12-6-9-19(26)24-17-10-11-17/h5,7-8,15,17H,4,6,9-14H2,1-3H3,(H,24,26)(H2,21,22,23). The third-order valence-electron chi connectivity index (χ3n) is 4.46. The summed E-state index contributed by atoms with van der Waals surface area (Å²) in [5, 5.41) is 9.63. The van der Waals surface area contributed by atoms with Crippen LogP contribution in [-0.4, -0.2) is 51.1 Å². The molecular weight excluding hydrogens is 326 g/mol. The molecule has 0 aliphatic heterocycles. The molecule has 0 radical (unpaired) electrons. The molecular formula is C20H33N5O. The highest BCUT2D eigenvalue weighted by atomic mass is 16.1. The van der Waals surface area contributed by atoms with E-state index in [-0.39, 0.29) is 5.91 Å². The number of carbonyl (C=O) groups excluding carboxylic acids is 1. The van der Waals surface area contributed by atoms with Crippen LogP contribution in [0.3, 0.4) is 0 Å². The largest absolute Gasteiger partial charge is 0.370 e. The molecule has 1 amide bonds. The van der Waals surface area contributed by atoms with Gasteiger partial charge in [-0.15, -0.1) is 0 Å². The number of likely N-dealkylation sites (N-methyl/N-ethyl adjacent to an activating group) is 1. The molecule has 0 bridgehead atoms. The third-order valence-corrected chi connectivity index (χ3v) is 4.46. The SMILES string of the molecule is CCN(CCNC(=NC)NCCCC(=O)NC1CC1)c1cccc(C)c1. The van der Waals surface area contributed by atoms with Gasteiger partial charge in [0.15, 0.2) is 5.96 Å². The lowest BCUT2D eigenvalue weighted by molar-refractivity contribution is -0.121. The van der Waals surface area contributed by atoms with Gasteiger partial charge < -0.3 is 20.9 Å². The fraction of sp³-hybridized carbons (Fsp3) is 0.600. The van der Waals surface area contributed by atoms with Crippen LogP contribution in [0.5, 0.6) is 0 Å². The number of amides is 1. The van der Waals surface area contributed by atoms with Crippen LogP contribution in [0.2, 0.25) is 0 Å². The Labute approximate surface area is 157 Å². The molecule has 0 saturated heterocycles. The van der Waals surface area contributed by atoms with Crippen molar-refractivity contribution >= 4 is 17.6 Å². The number of anilines is 1. The zero-order chi connectivity index (χ0) is 18.8. The summed E-state index contributed by atoms with van der Waals surface area (Å²) >= 11 is 0. The highest BCUT2D eigenvalue weighted by Crippen LogP contribution is 2.18. The maximum absolute atomic E-state index is 11.7. The first-order chi connectivity index (χ1) is 12.6. The minimum Gasteiger partial charge on any atom is -0.370 e. The first kappa shape index (κ1) is 20.1. The van der Waals surface area contributed by atoms with Crippen molar-refractivity contribution in [3.8, 4) is 0 Å². The van der Waals surface area contributed by atoms with Crippen LogP contribution in [0.25, 0.3) is 0 Å². The zero-order valence-electron chi connectivity index (χ0n) is 16.3. The van der Waals surface area contributed by atoms with Gasteiger partial charge in [0.1, 0.15) is 0 Å². The molecule has 6 heteroatoms. The number of aliphatic imine (C=N–C) groups is 1. The summed E-state index contributed by atoms with van der Waals surface area (Å²) in [4.78, 5) is 18.2. The van der Waals surface area contributed by atoms with Gasteiger partial charge >= 0.3 is 0 Å². The summed E-state index contributed by atoms with van der Waals surface area (Å²) in [5.74, 6) is 0.946. The Morgan fingerprint density at radius 3 is 2.69 bits per heavy atom. The van der Waals surface area contributed by atoms with Gasteiger partial charge in [-0.05, 0) is 50.8 Å². The van der Waals surface area contributed by atoms with Gasteiger partial charge in [0.25, 0.3) is 0 Å². The van der Waals surface area contributed by atoms with Crippen LogP contribution < -0.4 is 20.9 Å². The van der Waals surface area contributed by atoms with Crippen molar-refractivity contribution in [2.45, 2.75) is 45.6 Å². The van der Waals surface area contributed by atoms with Gasteiger partial charge in [-0.25, -0.2) is 0 Å². The fourth-order valence-corrected chi connectivity index (χ4v) is 2.81. The normalized spacial score (nSPS) is 14.0. The van der Waals surface area contributed by atoms with Gasteiger partial charge in [0.05, 0.1) is 0 Å². The van der Waals surface area contributed by atoms with E-state index >= 15 is 0 Å². The van der Waals surface area contributed by atoms with E-state index in [0.717, 1.165) is 51.4 Å². The average Bonchev–Trinajstić information content (AvgIpc) is 3.44. The van der Waals surface area contributed by atoms with E-state index in [1.807, 2.05) is 0 Å². The second kappa shape index (κ2) is 10.7. The molecule has 2 rings (SSSR count). The Kier molecular flexibility index (Phi) is 8.25. The molecule has 0 heterocycles. The summed E-state index contributed by atoms with van der Waals surface area (Å²) in [6.45, 7) is 7.71. The van der Waals surface area contributed by atoms with Crippen LogP contribution in [-0.2, 0) is 4.79 Å². The molecule has 0 atom stereocenters. The second-order valence-corrected chi connectivity index (χ2v) is 6.79. The Morgan fingerprint density at radius 1 is 1.27 bits per heavy atom. The fourth-order valence-electron chi connectivity index (χ4n) is 2.81. The molecule has 1 aliphatic carbocycles. The van der Waals surface area contributed by atoms with Crippen molar-refractivity contribution < 1.29 is 4.79 Å². The Morgan fingerprint density at radius 2 is 2.04 bits per heavy atom. The van der Waals surface area contributed by atoms with Crippen molar-refractivity contribution in [1.82, 2.24) is 16.0 Å². The quantitative estimate of drug-likeness (QED) is 0.340. The van der Waals surface area contributed by atoms with Gasteiger partial charge in [0.2, 0.25) is 5.91 Å². The first-order valence-corrected chi connectivity index (χ1v) is 9.68. The molecule has 1 fully saturated rings. The molecule has 1 aliphatic rings. The van der Waals surface area contributed by atoms with Crippen molar-refractivity contribution in [3.63, 3.8) is 0 Å². The third kappa shape index (κ3) is 7.33. The number of carbonyl (C=O) groups is 1. The number of nitrogens with zero attached hydrogens (tertiary/aromatic N) is 2. The average molecular weight is 360 g/mol. The second-order valence-electron chi connectivity index (χ2n) is 6.79. The van der Waals surface area contributed by atoms with Crippen LogP contribution in [0.15, 0.2) is 29.3 Å². The molecule has 0 spiro atoms. The highest BCUT2D eigenvalue weighted by Gasteiger charge is 2.22. The van der Waals surface area contributed by atoms with E-state index in [2.05, 4.69) is 64.0 Å². The van der Waals surface area contributed by atoms with Crippen LogP contribution in [0, 0.1) is 6.92 Å². The number of aryl methyl sites for hydroxylation is 1. The first-order valence-electron chi connectivity index (χ1n) is 9.68. The zero-order valence-corrected chi connectivity index (χ0v) is 16.3. The lowest BCUT2D eigenvalue weighted by atomic mass is 10.2. The van der Waals surface area contributed by atoms with Crippen LogP contribution >= 0.6 is 0 Å². The Bertz CT molecular complexity index is 598. The van der Waals surface area contributed by atoms with E-state index in [4.69, 9.17) is 0 Å². The molecule has 1 aromatic rings. The summed E-state index contributed by atoms with van der Waals surface area (Å²) < 4.78 is 0. The van der Waals surface area contributed by atoms with Gasteiger partial charge in [-0.2, -0.15) is 0 Å². The monoisotopic (exact) mass is 359 g/mol. The molecule has 1 aromatic carbocycles. The van der Waals surface area contributed by atoms with Crippen LogP contribution in [0.1, 0.15) is 38.2 Å². The maximum Gasteiger partial charge on any atom is 0.220 e. The van der Waals surface area contributed by atoms with Gasteiger partial charge in [-0.3, -0.25) is 9.79 Å². The van der Waals surface area contributed by atoms with Crippen molar-refractivity contribution in [3.05, 3.63) is 29.8 Å². The number of nitrogens with one attached hydrogen (secondary N) is 3. The lowest BCUT2D eigenvalue weighted by Crippen LogP contribution is -2.42. The molecule has 144 valence electrons. The van der Waals surface area contributed by atoms with E-state index in [9.17, 15) is 4.79 Å². The number of hydrogen-bond donors (Lipinski definition) is 3. The summed E-state index contributed by atoms with van der Waals surface area (Å²) in [5.41, 5.74) is 2.52. The van der Waals surface area contributed by atoms with Crippen molar-refractivity contribution in [1.29, 1.82) is 0 Å². The number of benzene rings is 1. The Balaban J connectivity index is 1.63. The number of guanidine groups is 1. The maximum atomic E-state index is 11.7. The van der Waals surface area contributed by atoms with Gasteiger partial charge in [-0.1, -0.05) is 12.1 Å². The number of hydrogen-bond acceptors (Lipinski definition) is 3. The summed E-state index contributed by atoms with van der Waals surface area (Å²) in [6.07, 6.45) is 3.65. The number of rotatable bonds is 10. The van der Waals surface area contributed by atoms with Crippen molar-refractivity contribution in [2.75, 3.05) is 38.1 Å². The predicted octanol–water partition coefficient (Wildman–Crippen LogP) is 2.05. The van der Waals surface area contributed by atoms with Crippen LogP contribution in [0.4, 0.5) is 5.69 Å². The van der Waals surface area contributed by atoms with E-state index in [0.29, 0.717) is 12.5 Å². The van der Waals surface area contributed by atoms with E-state index in [1.165, 1.54) is 11.3 Å². The molecule has 0 unspecified atom stereocenters. The Hall–Kier alpha value is -2.24. The highest BCUT2D eigenvalue weighted by molar-refractivity contribution is 5.80. The molecule has 26 heavy (non-hydrogen) atoms. The topological polar surface area (TPSA) is 68.8 Å². The van der Waals surface area contributed by atoms with E-state index < -0.39 is 0 Å². The van der Waals surface area contributed by atoms with E-state index in [1.54, 1.807) is 7.05 Å². The molecule has 0 aromatic heterocycles. The smallest absolute Gasteiger partial charge is 0.220 e. The predicted molar refractivity (Wildman–Crippen MR) is 109 cm³/mol. The minimum absolute atomic E-state index is 0.161. The van der Waals surface area contributed by atoms with Gasteiger partial charge in [0, 0.05) is 51.4 Å². The summed E-state index contributed by atoms with van der Waals surface area (Å²) in [6, 6.07) is 9.02. The lowest BCUT2D eigenvalue weighted by Gasteiger charge is -2.24. The molecule has 3 N–H and O–H groups in total. The molecule has 6 nitrogen and oxygen atoms in total. The van der Waals surface area contributed by atoms with Crippen molar-refractivity contribution in [2.24, 2.45) is 4.99 Å². The summed E-state index contributed by atoms with van der Waals surface area (Å²) in [7, 11) is 1.77.